The van der Waals surface area contributed by atoms with E-state index in [4.69, 9.17) is 14.2 Å². The number of benzene rings is 4. The lowest BCUT2D eigenvalue weighted by molar-refractivity contribution is 0.0992. The van der Waals surface area contributed by atoms with Gasteiger partial charge in [0.2, 0.25) is 0 Å². The summed E-state index contributed by atoms with van der Waals surface area (Å²) in [5, 5.41) is 0. The molecule has 5 nitrogen and oxygen atoms in total. The van der Waals surface area contributed by atoms with Crippen molar-refractivity contribution in [3.05, 3.63) is 175 Å². The molecule has 0 saturated carbocycles. The number of Topliss-reactive ketones (excluding diaryl/α,β-unsaturated/α-hetero) is 2. The van der Waals surface area contributed by atoms with Crippen LogP contribution in [0.1, 0.15) is 45.2 Å². The van der Waals surface area contributed by atoms with Gasteiger partial charge in [-0.15, -0.1) is 0 Å². The van der Waals surface area contributed by atoms with Crippen LogP contribution in [0.15, 0.2) is 152 Å². The maximum atomic E-state index is 12.6. The number of hydrogen-bond donors (Lipinski definition) is 0. The number of allylic oxidation sites excluding steroid dienone is 6. The normalized spacial score (nSPS) is 11.4. The van der Waals surface area contributed by atoms with Crippen LogP contribution in [0.2, 0.25) is 0 Å². The maximum Gasteiger partial charge on any atom is 0.166 e. The summed E-state index contributed by atoms with van der Waals surface area (Å²) >= 11 is 0. The molecule has 0 heterocycles. The highest BCUT2D eigenvalue weighted by Gasteiger charge is 2.06. The number of carbonyl (C=O) groups is 2. The summed E-state index contributed by atoms with van der Waals surface area (Å²) in [5.74, 6) is 3.18. The summed E-state index contributed by atoms with van der Waals surface area (Å²) in [6.45, 7) is 11.6. The molecule has 0 aliphatic rings. The Morgan fingerprint density at radius 2 is 1.16 bits per heavy atom. The van der Waals surface area contributed by atoms with Crippen LogP contribution >= 0.6 is 0 Å². The average Bonchev–Trinajstić information content (AvgIpc) is 3.04. The van der Waals surface area contributed by atoms with E-state index in [1.165, 1.54) is 12.5 Å². The molecule has 0 N–H and O–H groups in total. The van der Waals surface area contributed by atoms with Crippen molar-refractivity contribution < 1.29 is 23.8 Å². The molecule has 4 aromatic rings. The van der Waals surface area contributed by atoms with Crippen molar-refractivity contribution in [2.24, 2.45) is 0 Å². The third kappa shape index (κ3) is 10.2. The minimum absolute atomic E-state index is 0.000283. The summed E-state index contributed by atoms with van der Waals surface area (Å²) in [6, 6.07) is 29.7. The van der Waals surface area contributed by atoms with Crippen LogP contribution in [0.5, 0.6) is 23.0 Å². The predicted octanol–water partition coefficient (Wildman–Crippen LogP) is 10.3. The first-order valence-electron chi connectivity index (χ1n) is 14.6. The van der Waals surface area contributed by atoms with Crippen LogP contribution in [0, 0.1) is 6.92 Å². The second-order valence-corrected chi connectivity index (χ2v) is 10.2. The van der Waals surface area contributed by atoms with Gasteiger partial charge in [-0.2, -0.15) is 0 Å². The molecule has 0 saturated heterocycles. The number of hydrogen-bond acceptors (Lipinski definition) is 5. The Morgan fingerprint density at radius 3 is 1.67 bits per heavy atom. The molecule has 45 heavy (non-hydrogen) atoms. The molecular formula is C40H36O5. The molecule has 226 valence electrons. The highest BCUT2D eigenvalue weighted by atomic mass is 16.5. The molecule has 0 aliphatic heterocycles. The summed E-state index contributed by atoms with van der Waals surface area (Å²) in [6.07, 6.45) is 11.2. The molecule has 0 radical (unpaired) electrons. The zero-order valence-electron chi connectivity index (χ0n) is 25.6. The Bertz CT molecular complexity index is 1700. The minimum atomic E-state index is -0.0363. The SMILES string of the molecule is C=C/C=C(\C=C/COC(=C)/C=C\CC(=O)c1ccc(Oc2ccc(C(C)=O)cc2)cc1)c1ccc(Oc2ccc(C)cc2)cc1. The Morgan fingerprint density at radius 1 is 0.667 bits per heavy atom. The zero-order chi connectivity index (χ0) is 32.0. The fraction of sp³-hybridized carbons (Fsp3) is 0.100. The number of carbonyl (C=O) groups excluding carboxylic acids is 2. The van der Waals surface area contributed by atoms with Crippen molar-refractivity contribution in [3.8, 4) is 23.0 Å². The van der Waals surface area contributed by atoms with E-state index >= 15 is 0 Å². The molecule has 0 bridgehead atoms. The third-order valence-electron chi connectivity index (χ3n) is 6.68. The first kappa shape index (κ1) is 32.2. The average molecular weight is 597 g/mol. The molecule has 0 unspecified atom stereocenters. The van der Waals surface area contributed by atoms with Crippen molar-refractivity contribution in [2.75, 3.05) is 6.61 Å². The smallest absolute Gasteiger partial charge is 0.166 e. The summed E-state index contributed by atoms with van der Waals surface area (Å²) < 4.78 is 17.4. The van der Waals surface area contributed by atoms with Crippen molar-refractivity contribution in [1.29, 1.82) is 0 Å². The molecule has 0 spiro atoms. The lowest BCUT2D eigenvalue weighted by Gasteiger charge is -2.08. The van der Waals surface area contributed by atoms with E-state index in [0.717, 1.165) is 22.6 Å². The van der Waals surface area contributed by atoms with Gasteiger partial charge in [-0.05, 0) is 110 Å². The number of ketones is 2. The van der Waals surface area contributed by atoms with E-state index < -0.39 is 0 Å². The van der Waals surface area contributed by atoms with Crippen molar-refractivity contribution in [1.82, 2.24) is 0 Å². The van der Waals surface area contributed by atoms with Gasteiger partial charge in [0.25, 0.3) is 0 Å². The number of aryl methyl sites for hydroxylation is 1. The number of ether oxygens (including phenoxy) is 3. The van der Waals surface area contributed by atoms with Gasteiger partial charge in [-0.25, -0.2) is 0 Å². The zero-order valence-corrected chi connectivity index (χ0v) is 25.6. The molecule has 0 atom stereocenters. The van der Waals surface area contributed by atoms with E-state index in [1.807, 2.05) is 73.7 Å². The fourth-order valence-electron chi connectivity index (χ4n) is 4.23. The summed E-state index contributed by atoms with van der Waals surface area (Å²) in [7, 11) is 0. The van der Waals surface area contributed by atoms with Crippen LogP contribution in [0.3, 0.4) is 0 Å². The first-order chi connectivity index (χ1) is 21.8. The van der Waals surface area contributed by atoms with E-state index in [1.54, 1.807) is 66.8 Å². The molecule has 0 aromatic heterocycles. The first-order valence-corrected chi connectivity index (χ1v) is 14.6. The van der Waals surface area contributed by atoms with Gasteiger partial charge in [-0.1, -0.05) is 67.3 Å². The monoisotopic (exact) mass is 596 g/mol. The van der Waals surface area contributed by atoms with E-state index in [2.05, 4.69) is 13.2 Å². The highest BCUT2D eigenvalue weighted by molar-refractivity contribution is 5.97. The standard InChI is InChI=1S/C40H36O5/c1-5-8-33(34-16-24-38(25-17-34)44-36-20-12-29(2)13-21-36)10-7-28-43-30(3)9-6-11-40(42)35-18-26-39(27-19-35)45-37-22-14-32(15-23-37)31(4)41/h5-10,12-27H,1,3,11,28H2,2,4H3/b9-6-,10-7-,33-8+. The van der Waals surface area contributed by atoms with Crippen molar-refractivity contribution in [3.63, 3.8) is 0 Å². The van der Waals surface area contributed by atoms with Gasteiger partial charge in [0.15, 0.2) is 11.6 Å². The largest absolute Gasteiger partial charge is 0.490 e. The lowest BCUT2D eigenvalue weighted by atomic mass is 10.0. The Kier molecular flexibility index (Phi) is 11.6. The van der Waals surface area contributed by atoms with E-state index in [0.29, 0.717) is 35.0 Å². The van der Waals surface area contributed by atoms with Crippen LogP contribution in [0.25, 0.3) is 5.57 Å². The van der Waals surface area contributed by atoms with Gasteiger partial charge >= 0.3 is 0 Å². The van der Waals surface area contributed by atoms with Gasteiger partial charge in [0.1, 0.15) is 35.4 Å². The molecule has 4 aromatic carbocycles. The van der Waals surface area contributed by atoms with Gasteiger partial charge < -0.3 is 14.2 Å². The lowest BCUT2D eigenvalue weighted by Crippen LogP contribution is -1.97. The second-order valence-electron chi connectivity index (χ2n) is 10.2. The van der Waals surface area contributed by atoms with Crippen LogP contribution in [-0.2, 0) is 4.74 Å². The van der Waals surface area contributed by atoms with E-state index in [9.17, 15) is 9.59 Å². The molecule has 0 amide bonds. The Labute approximate surface area is 265 Å². The summed E-state index contributed by atoms with van der Waals surface area (Å²) in [4.78, 5) is 24.1. The Balaban J connectivity index is 1.21. The topological polar surface area (TPSA) is 61.8 Å². The maximum absolute atomic E-state index is 12.6. The van der Waals surface area contributed by atoms with Gasteiger partial charge in [-0.3, -0.25) is 9.59 Å². The quantitative estimate of drug-likeness (QED) is 0.0776. The predicted molar refractivity (Wildman–Crippen MR) is 181 cm³/mol. The highest BCUT2D eigenvalue weighted by Crippen LogP contribution is 2.25. The molecule has 0 fully saturated rings. The van der Waals surface area contributed by atoms with Crippen LogP contribution in [-0.4, -0.2) is 18.2 Å². The Hall–Kier alpha value is -5.68. The van der Waals surface area contributed by atoms with Crippen molar-refractivity contribution >= 4 is 17.1 Å². The molecule has 0 aliphatic carbocycles. The van der Waals surface area contributed by atoms with Gasteiger partial charge in [0.05, 0.1) is 0 Å². The summed E-state index contributed by atoms with van der Waals surface area (Å²) in [5.41, 5.74) is 4.37. The van der Waals surface area contributed by atoms with Crippen LogP contribution in [0.4, 0.5) is 0 Å². The molecular weight excluding hydrogens is 560 g/mol. The second kappa shape index (κ2) is 16.2. The van der Waals surface area contributed by atoms with Crippen LogP contribution < -0.4 is 9.47 Å². The van der Waals surface area contributed by atoms with Gasteiger partial charge in [0, 0.05) is 17.5 Å². The molecule has 5 heteroatoms. The number of rotatable bonds is 15. The minimum Gasteiger partial charge on any atom is -0.490 e. The third-order valence-corrected chi connectivity index (χ3v) is 6.68. The van der Waals surface area contributed by atoms with E-state index in [-0.39, 0.29) is 18.0 Å². The van der Waals surface area contributed by atoms with Crippen molar-refractivity contribution in [2.45, 2.75) is 20.3 Å². The molecule has 4 rings (SSSR count). The fourth-order valence-corrected chi connectivity index (χ4v) is 4.23.